The first-order valence-corrected chi connectivity index (χ1v) is 4.93. The zero-order valence-corrected chi connectivity index (χ0v) is 9.07. The molecule has 0 aliphatic carbocycles. The Labute approximate surface area is 92.3 Å². The molecule has 1 heterocycles. The Morgan fingerprint density at radius 1 is 1.38 bits per heavy atom. The fourth-order valence-corrected chi connectivity index (χ4v) is 1.26. The fraction of sp³-hybridized carbons (Fsp3) is 0.273. The number of halogens is 1. The third-order valence-electron chi connectivity index (χ3n) is 2.25. The molecule has 2 rings (SSSR count). The monoisotopic (exact) mass is 221 g/mol. The lowest BCUT2D eigenvalue weighted by molar-refractivity contribution is 0.473. The molecule has 2 N–H and O–H groups in total. The minimum atomic E-state index is -0.323. The van der Waals surface area contributed by atoms with Crippen molar-refractivity contribution in [1.82, 2.24) is 10.2 Å². The van der Waals surface area contributed by atoms with Crippen molar-refractivity contribution in [3.8, 4) is 11.5 Å². The number of hydrogen-bond acceptors (Lipinski definition) is 4. The minimum absolute atomic E-state index is 0.284. The molecule has 0 radical (unpaired) electrons. The van der Waals surface area contributed by atoms with Gasteiger partial charge in [-0.15, -0.1) is 10.2 Å². The van der Waals surface area contributed by atoms with Crippen molar-refractivity contribution in [2.75, 3.05) is 0 Å². The largest absolute Gasteiger partial charge is 0.419 e. The van der Waals surface area contributed by atoms with Gasteiger partial charge in [-0.3, -0.25) is 0 Å². The van der Waals surface area contributed by atoms with Crippen LogP contribution in [0.3, 0.4) is 0 Å². The Bertz CT molecular complexity index is 508. The third kappa shape index (κ3) is 1.94. The lowest BCUT2D eigenvalue weighted by Crippen LogP contribution is -2.04. The van der Waals surface area contributed by atoms with Crippen LogP contribution in [0, 0.1) is 12.7 Å². The lowest BCUT2D eigenvalue weighted by Gasteiger charge is -1.98. The highest BCUT2D eigenvalue weighted by molar-refractivity contribution is 5.53. The molecule has 1 aromatic heterocycles. The summed E-state index contributed by atoms with van der Waals surface area (Å²) in [5.74, 6) is 0.334. The van der Waals surface area contributed by atoms with Gasteiger partial charge in [-0.1, -0.05) is 6.07 Å². The van der Waals surface area contributed by atoms with Crippen LogP contribution >= 0.6 is 0 Å². The van der Waals surface area contributed by atoms with Gasteiger partial charge in [0.1, 0.15) is 5.82 Å². The average Bonchev–Trinajstić information content (AvgIpc) is 2.71. The molecular formula is C11H12FN3O. The topological polar surface area (TPSA) is 64.9 Å². The molecule has 5 heteroatoms. The van der Waals surface area contributed by atoms with Crippen LogP contribution in [0.15, 0.2) is 22.6 Å². The number of aromatic nitrogens is 2. The summed E-state index contributed by atoms with van der Waals surface area (Å²) in [5.41, 5.74) is 6.73. The number of rotatable bonds is 2. The minimum Gasteiger partial charge on any atom is -0.419 e. The third-order valence-corrected chi connectivity index (χ3v) is 2.25. The second-order valence-corrected chi connectivity index (χ2v) is 3.70. The van der Waals surface area contributed by atoms with Crippen molar-refractivity contribution >= 4 is 0 Å². The summed E-state index contributed by atoms with van der Waals surface area (Å²) in [7, 11) is 0. The molecule has 0 saturated carbocycles. The summed E-state index contributed by atoms with van der Waals surface area (Å²) < 4.78 is 18.6. The smallest absolute Gasteiger partial charge is 0.247 e. The van der Waals surface area contributed by atoms with E-state index in [0.717, 1.165) is 0 Å². The molecule has 0 bridgehead atoms. The molecule has 0 fully saturated rings. The molecule has 84 valence electrons. The summed E-state index contributed by atoms with van der Waals surface area (Å²) in [6.07, 6.45) is 0. The van der Waals surface area contributed by atoms with E-state index in [1.807, 2.05) is 0 Å². The van der Waals surface area contributed by atoms with E-state index >= 15 is 0 Å². The molecule has 0 aliphatic heterocycles. The van der Waals surface area contributed by atoms with Gasteiger partial charge in [-0.05, 0) is 31.5 Å². The van der Waals surface area contributed by atoms with Crippen LogP contribution in [-0.2, 0) is 0 Å². The molecule has 2 aromatic rings. The van der Waals surface area contributed by atoms with Gasteiger partial charge in [0.15, 0.2) is 0 Å². The van der Waals surface area contributed by atoms with Gasteiger partial charge in [0.05, 0.1) is 6.04 Å². The van der Waals surface area contributed by atoms with Crippen LogP contribution in [0.4, 0.5) is 4.39 Å². The van der Waals surface area contributed by atoms with Crippen LogP contribution in [0.5, 0.6) is 0 Å². The molecule has 1 aromatic carbocycles. The Morgan fingerprint density at radius 3 is 2.69 bits per heavy atom. The summed E-state index contributed by atoms with van der Waals surface area (Å²) in [6.45, 7) is 3.44. The van der Waals surface area contributed by atoms with Gasteiger partial charge in [-0.2, -0.15) is 0 Å². The standard InChI is InChI=1S/C11H12FN3O/c1-6-3-4-8(5-9(6)12)11-15-14-10(16-11)7(2)13/h3-5,7H,13H2,1-2H3. The van der Waals surface area contributed by atoms with Crippen molar-refractivity contribution in [2.24, 2.45) is 5.73 Å². The molecule has 4 nitrogen and oxygen atoms in total. The van der Waals surface area contributed by atoms with Crippen LogP contribution in [-0.4, -0.2) is 10.2 Å². The second-order valence-electron chi connectivity index (χ2n) is 3.70. The van der Waals surface area contributed by atoms with Crippen LogP contribution in [0.25, 0.3) is 11.5 Å². The first kappa shape index (κ1) is 10.8. The van der Waals surface area contributed by atoms with E-state index in [9.17, 15) is 4.39 Å². The molecule has 16 heavy (non-hydrogen) atoms. The number of benzene rings is 1. The van der Waals surface area contributed by atoms with E-state index in [-0.39, 0.29) is 17.7 Å². The van der Waals surface area contributed by atoms with Gasteiger partial charge in [0, 0.05) is 5.56 Å². The number of nitrogens with zero attached hydrogens (tertiary/aromatic N) is 2. The maximum Gasteiger partial charge on any atom is 0.247 e. The van der Waals surface area contributed by atoms with Gasteiger partial charge < -0.3 is 10.2 Å². The van der Waals surface area contributed by atoms with Crippen molar-refractivity contribution in [1.29, 1.82) is 0 Å². The zero-order valence-electron chi connectivity index (χ0n) is 9.07. The van der Waals surface area contributed by atoms with Crippen molar-refractivity contribution < 1.29 is 8.81 Å². The Balaban J connectivity index is 2.39. The van der Waals surface area contributed by atoms with Crippen LogP contribution in [0.1, 0.15) is 24.4 Å². The Morgan fingerprint density at radius 2 is 2.12 bits per heavy atom. The lowest BCUT2D eigenvalue weighted by atomic mass is 10.1. The van der Waals surface area contributed by atoms with Crippen LogP contribution < -0.4 is 5.73 Å². The first-order valence-electron chi connectivity index (χ1n) is 4.93. The molecule has 0 spiro atoms. The number of nitrogens with two attached hydrogens (primary N) is 1. The summed E-state index contributed by atoms with van der Waals surface area (Å²) in [6, 6.07) is 4.45. The predicted octanol–water partition coefficient (Wildman–Crippen LogP) is 2.20. The Hall–Kier alpha value is -1.75. The van der Waals surface area contributed by atoms with E-state index in [2.05, 4.69) is 10.2 Å². The SMILES string of the molecule is Cc1ccc(-c2nnc(C(C)N)o2)cc1F. The maximum absolute atomic E-state index is 13.3. The predicted molar refractivity (Wildman–Crippen MR) is 57.0 cm³/mol. The van der Waals surface area contributed by atoms with E-state index in [1.165, 1.54) is 6.07 Å². The summed E-state index contributed by atoms with van der Waals surface area (Å²) >= 11 is 0. The van der Waals surface area contributed by atoms with Gasteiger partial charge in [-0.25, -0.2) is 4.39 Å². The maximum atomic E-state index is 13.3. The quantitative estimate of drug-likeness (QED) is 0.844. The van der Waals surface area contributed by atoms with Crippen molar-refractivity contribution in [3.63, 3.8) is 0 Å². The molecule has 0 amide bonds. The van der Waals surface area contributed by atoms with E-state index in [4.69, 9.17) is 10.2 Å². The average molecular weight is 221 g/mol. The number of hydrogen-bond donors (Lipinski definition) is 1. The van der Waals surface area contributed by atoms with Gasteiger partial charge >= 0.3 is 0 Å². The summed E-state index contributed by atoms with van der Waals surface area (Å²) in [4.78, 5) is 0. The highest BCUT2D eigenvalue weighted by Crippen LogP contribution is 2.21. The normalized spacial score (nSPS) is 12.8. The first-order chi connectivity index (χ1) is 7.58. The second kappa shape index (κ2) is 4.02. The van der Waals surface area contributed by atoms with E-state index in [0.29, 0.717) is 17.0 Å². The highest BCUT2D eigenvalue weighted by Gasteiger charge is 2.12. The Kier molecular flexibility index (Phi) is 2.70. The molecule has 1 unspecified atom stereocenters. The molecular weight excluding hydrogens is 209 g/mol. The molecule has 1 atom stereocenters. The molecule has 0 saturated heterocycles. The number of aryl methyl sites for hydroxylation is 1. The van der Waals surface area contributed by atoms with Gasteiger partial charge in [0.25, 0.3) is 0 Å². The summed E-state index contributed by atoms with van der Waals surface area (Å²) in [5, 5.41) is 7.60. The zero-order chi connectivity index (χ0) is 11.7. The van der Waals surface area contributed by atoms with Crippen LogP contribution in [0.2, 0.25) is 0 Å². The highest BCUT2D eigenvalue weighted by atomic mass is 19.1. The van der Waals surface area contributed by atoms with E-state index < -0.39 is 0 Å². The van der Waals surface area contributed by atoms with Gasteiger partial charge in [0.2, 0.25) is 11.8 Å². The van der Waals surface area contributed by atoms with E-state index in [1.54, 1.807) is 26.0 Å². The fourth-order valence-electron chi connectivity index (χ4n) is 1.26. The van der Waals surface area contributed by atoms with Crippen molar-refractivity contribution in [2.45, 2.75) is 19.9 Å². The molecule has 0 aliphatic rings. The van der Waals surface area contributed by atoms with Crippen molar-refractivity contribution in [3.05, 3.63) is 35.5 Å².